The lowest BCUT2D eigenvalue weighted by molar-refractivity contribution is -0.131. The highest BCUT2D eigenvalue weighted by Crippen LogP contribution is 2.34. The van der Waals surface area contributed by atoms with E-state index in [4.69, 9.17) is 9.47 Å². The third-order valence-corrected chi connectivity index (χ3v) is 13.2. The molecule has 2 aromatic carbocycles. The van der Waals surface area contributed by atoms with Crippen LogP contribution in [0.15, 0.2) is 53.4 Å². The first kappa shape index (κ1) is 37.6. The number of nitrogens with one attached hydrogen (secondary N) is 3. The number of nitrogens with zero attached hydrogens (tertiary/aromatic N) is 1. The van der Waals surface area contributed by atoms with E-state index < -0.39 is 59.3 Å². The number of fused-ring (bicyclic) bond motifs is 1. The first-order valence-corrected chi connectivity index (χ1v) is 19.6. The Morgan fingerprint density at radius 3 is 2.25 bits per heavy atom. The Labute approximate surface area is 283 Å². The first-order valence-electron chi connectivity index (χ1n) is 16.0. The maximum atomic E-state index is 14.2. The number of carbonyl (C=O) groups is 2. The molecule has 2 aromatic rings. The molecular weight excluding hydrogens is 661 g/mol. The molecule has 2 heterocycles. The highest BCUT2D eigenvalue weighted by atomic mass is 32.2. The normalized spacial score (nSPS) is 18.5. The number of ether oxygens (including phenoxy) is 2. The van der Waals surface area contributed by atoms with Crippen LogP contribution in [-0.4, -0.2) is 106 Å². The molecule has 1 saturated heterocycles. The quantitative estimate of drug-likeness (QED) is 0.185. The van der Waals surface area contributed by atoms with Crippen molar-refractivity contribution in [2.24, 2.45) is 0 Å². The van der Waals surface area contributed by atoms with Gasteiger partial charge < -0.3 is 25.2 Å². The van der Waals surface area contributed by atoms with E-state index in [-0.39, 0.29) is 37.6 Å². The number of rotatable bonds is 16. The van der Waals surface area contributed by atoms with Crippen molar-refractivity contribution in [2.45, 2.75) is 80.3 Å². The standard InChI is InChI=1S/C33H48N4O9S2/c1-6-33(19-24-12-8-7-9-13-24,34-21-32(4,40)22-48(43,44)25-14-15-26-27(18-25)46-23-45-26)36-30(39)29(31(2,3)47(5,41)42)35-28(38)20-37-16-10-11-17-37/h7-9,12-15,18,29,34,40H,6,10-11,16-17,19-23H2,1-5H3,(H,35,38)(H,36,39)/t29-,32+,33-/m0/s1. The van der Waals surface area contributed by atoms with Gasteiger partial charge in [-0.05, 0) is 70.8 Å². The fourth-order valence-electron chi connectivity index (χ4n) is 5.83. The second-order valence-corrected chi connectivity index (χ2v) is 18.2. The lowest BCUT2D eigenvalue weighted by Crippen LogP contribution is -2.69. The summed E-state index contributed by atoms with van der Waals surface area (Å²) in [6.07, 6.45) is 3.39. The molecule has 0 radical (unpaired) electrons. The summed E-state index contributed by atoms with van der Waals surface area (Å²) in [7, 11) is -7.86. The Bertz CT molecular complexity index is 1680. The van der Waals surface area contributed by atoms with Crippen LogP contribution in [0.4, 0.5) is 0 Å². The molecule has 15 heteroatoms. The van der Waals surface area contributed by atoms with Gasteiger partial charge in [0.15, 0.2) is 31.2 Å². The second kappa shape index (κ2) is 14.7. The third-order valence-electron chi connectivity index (χ3n) is 9.11. The minimum Gasteiger partial charge on any atom is -0.454 e. The molecule has 0 aliphatic carbocycles. The smallest absolute Gasteiger partial charge is 0.245 e. The maximum Gasteiger partial charge on any atom is 0.245 e. The van der Waals surface area contributed by atoms with Gasteiger partial charge in [-0.3, -0.25) is 19.8 Å². The van der Waals surface area contributed by atoms with Crippen molar-refractivity contribution in [3.8, 4) is 11.5 Å². The van der Waals surface area contributed by atoms with Gasteiger partial charge in [0.25, 0.3) is 0 Å². The Hall–Kier alpha value is -3.24. The van der Waals surface area contributed by atoms with Crippen LogP contribution in [0.25, 0.3) is 0 Å². The van der Waals surface area contributed by atoms with E-state index in [1.165, 1.54) is 39.0 Å². The van der Waals surface area contributed by atoms with Crippen molar-refractivity contribution in [3.63, 3.8) is 0 Å². The van der Waals surface area contributed by atoms with Gasteiger partial charge in [0.1, 0.15) is 6.04 Å². The number of likely N-dealkylation sites (tertiary alicyclic amines) is 1. The Morgan fingerprint density at radius 2 is 1.62 bits per heavy atom. The van der Waals surface area contributed by atoms with Crippen molar-refractivity contribution in [1.82, 2.24) is 20.9 Å². The van der Waals surface area contributed by atoms with E-state index >= 15 is 0 Å². The summed E-state index contributed by atoms with van der Waals surface area (Å²) in [4.78, 5) is 29.2. The van der Waals surface area contributed by atoms with Gasteiger partial charge in [-0.1, -0.05) is 37.3 Å². The molecule has 2 amide bonds. The van der Waals surface area contributed by atoms with E-state index in [0.29, 0.717) is 11.5 Å². The minimum absolute atomic E-state index is 0.0168. The van der Waals surface area contributed by atoms with Crippen molar-refractivity contribution < 1.29 is 41.0 Å². The zero-order valence-corrected chi connectivity index (χ0v) is 29.9. The van der Waals surface area contributed by atoms with Crippen LogP contribution in [0.3, 0.4) is 0 Å². The summed E-state index contributed by atoms with van der Waals surface area (Å²) in [6.45, 7) is 7.20. The van der Waals surface area contributed by atoms with Crippen molar-refractivity contribution >= 4 is 31.5 Å². The SMILES string of the molecule is CC[C@](Cc1ccccc1)(NC[C@@](C)(O)CS(=O)(=O)c1ccc2c(c1)OCO2)NC(=O)[C@H](NC(=O)CN1CCCC1)C(C)(C)S(C)(=O)=O. The number of benzene rings is 2. The van der Waals surface area contributed by atoms with Crippen LogP contribution in [0.5, 0.6) is 11.5 Å². The number of aliphatic hydroxyl groups is 1. The third kappa shape index (κ3) is 9.26. The molecule has 0 bridgehead atoms. The predicted molar refractivity (Wildman–Crippen MR) is 181 cm³/mol. The van der Waals surface area contributed by atoms with Crippen LogP contribution in [-0.2, 0) is 35.7 Å². The van der Waals surface area contributed by atoms with Gasteiger partial charge in [0.05, 0.1) is 33.2 Å². The summed E-state index contributed by atoms with van der Waals surface area (Å²) < 4.78 is 61.6. The van der Waals surface area contributed by atoms with E-state index in [2.05, 4.69) is 16.0 Å². The first-order chi connectivity index (χ1) is 22.4. The van der Waals surface area contributed by atoms with Gasteiger partial charge >= 0.3 is 0 Å². The van der Waals surface area contributed by atoms with E-state index in [9.17, 15) is 31.5 Å². The van der Waals surface area contributed by atoms with E-state index in [1.807, 2.05) is 35.2 Å². The monoisotopic (exact) mass is 708 g/mol. The number of amides is 2. The Morgan fingerprint density at radius 1 is 0.979 bits per heavy atom. The Kier molecular flexibility index (Phi) is 11.5. The average Bonchev–Trinajstić information content (AvgIpc) is 3.70. The molecule has 13 nitrogen and oxygen atoms in total. The number of hydrogen-bond acceptors (Lipinski definition) is 11. The predicted octanol–water partition coefficient (Wildman–Crippen LogP) is 1.40. The zero-order chi connectivity index (χ0) is 35.4. The van der Waals surface area contributed by atoms with Gasteiger partial charge in [-0.25, -0.2) is 16.8 Å². The van der Waals surface area contributed by atoms with Crippen molar-refractivity contribution in [1.29, 1.82) is 0 Å². The van der Waals surface area contributed by atoms with Gasteiger partial charge in [0, 0.05) is 25.3 Å². The number of sulfone groups is 2. The number of carbonyl (C=O) groups excluding carboxylic acids is 2. The summed E-state index contributed by atoms with van der Waals surface area (Å²) in [5.41, 5.74) is -2.28. The molecule has 2 aliphatic heterocycles. The molecule has 0 spiro atoms. The molecule has 1 fully saturated rings. The van der Waals surface area contributed by atoms with Crippen molar-refractivity contribution in [2.75, 3.05) is 45.0 Å². The van der Waals surface area contributed by atoms with Gasteiger partial charge in [-0.2, -0.15) is 0 Å². The summed E-state index contributed by atoms with van der Waals surface area (Å²) in [5, 5.41) is 20.3. The summed E-state index contributed by atoms with van der Waals surface area (Å²) >= 11 is 0. The molecule has 0 unspecified atom stereocenters. The van der Waals surface area contributed by atoms with Crippen LogP contribution < -0.4 is 25.4 Å². The van der Waals surface area contributed by atoms with Crippen LogP contribution in [0.2, 0.25) is 0 Å². The molecule has 0 aromatic heterocycles. The minimum atomic E-state index is -4.00. The lowest BCUT2D eigenvalue weighted by Gasteiger charge is -2.41. The fourth-order valence-corrected chi connectivity index (χ4v) is 8.08. The fraction of sp³-hybridized carbons (Fsp3) is 0.576. The number of hydrogen-bond donors (Lipinski definition) is 4. The zero-order valence-electron chi connectivity index (χ0n) is 28.2. The highest BCUT2D eigenvalue weighted by molar-refractivity contribution is 7.92. The molecule has 4 rings (SSSR count). The average molecular weight is 709 g/mol. The van der Waals surface area contributed by atoms with Crippen molar-refractivity contribution in [3.05, 3.63) is 54.1 Å². The summed E-state index contributed by atoms with van der Waals surface area (Å²) in [5.74, 6) is -1.14. The highest BCUT2D eigenvalue weighted by Gasteiger charge is 2.47. The Balaban J connectivity index is 1.59. The molecular formula is C33H48N4O9S2. The van der Waals surface area contributed by atoms with E-state index in [1.54, 1.807) is 6.92 Å². The molecule has 4 N–H and O–H groups in total. The van der Waals surface area contributed by atoms with Crippen LogP contribution >= 0.6 is 0 Å². The molecule has 3 atom stereocenters. The maximum absolute atomic E-state index is 14.2. The van der Waals surface area contributed by atoms with E-state index in [0.717, 1.165) is 37.8 Å². The molecule has 2 aliphatic rings. The summed E-state index contributed by atoms with van der Waals surface area (Å²) in [6, 6.07) is 12.0. The van der Waals surface area contributed by atoms with Crippen LogP contribution in [0.1, 0.15) is 52.5 Å². The molecule has 0 saturated carbocycles. The van der Waals surface area contributed by atoms with Gasteiger partial charge in [0.2, 0.25) is 18.6 Å². The van der Waals surface area contributed by atoms with Crippen LogP contribution in [0, 0.1) is 0 Å². The molecule has 48 heavy (non-hydrogen) atoms. The van der Waals surface area contributed by atoms with Gasteiger partial charge in [-0.15, -0.1) is 0 Å². The second-order valence-electron chi connectivity index (χ2n) is 13.6. The lowest BCUT2D eigenvalue weighted by atomic mass is 9.93. The largest absolute Gasteiger partial charge is 0.454 e. The topological polar surface area (TPSA) is 180 Å². The molecule has 266 valence electrons.